The number of alkyl halides is 1. The molecule has 100 valence electrons. The maximum Gasteiger partial charge on any atom is 0.244 e. The van der Waals surface area contributed by atoms with Crippen LogP contribution in [0.2, 0.25) is 0 Å². The quantitative estimate of drug-likeness (QED) is 0.734. The third-order valence-corrected chi connectivity index (χ3v) is 6.89. The van der Waals surface area contributed by atoms with E-state index in [2.05, 4.69) is 31.9 Å². The minimum absolute atomic E-state index is 0.0656. The lowest BCUT2D eigenvalue weighted by molar-refractivity contribution is 0.273. The fraction of sp³-hybridized carbons (Fsp3) is 0.500. The summed E-state index contributed by atoms with van der Waals surface area (Å²) in [5.74, 6) is 0. The molecule has 1 aliphatic heterocycles. The Bertz CT molecular complexity index is 519. The van der Waals surface area contributed by atoms with E-state index < -0.39 is 10.0 Å². The third kappa shape index (κ3) is 2.81. The number of piperidine rings is 1. The molecule has 1 fully saturated rings. The molecule has 0 bridgehead atoms. The molecule has 1 aliphatic rings. The average Bonchev–Trinajstić information content (AvgIpc) is 2.39. The highest BCUT2D eigenvalue weighted by Crippen LogP contribution is 2.30. The monoisotopic (exact) mass is 395 g/mol. The molecular formula is C12H15Br2NO2S. The van der Waals surface area contributed by atoms with Crippen LogP contribution in [0.25, 0.3) is 0 Å². The summed E-state index contributed by atoms with van der Waals surface area (Å²) in [4.78, 5) is 0.359. The van der Waals surface area contributed by atoms with Gasteiger partial charge in [-0.2, -0.15) is 4.31 Å². The molecule has 0 N–H and O–H groups in total. The summed E-state index contributed by atoms with van der Waals surface area (Å²) in [7, 11) is -3.40. The molecule has 1 aromatic carbocycles. The van der Waals surface area contributed by atoms with Crippen LogP contribution in [0.1, 0.15) is 19.3 Å². The Kier molecular flexibility index (Phi) is 4.86. The molecule has 1 saturated heterocycles. The predicted octanol–water partition coefficient (Wildman–Crippen LogP) is 3.39. The maximum absolute atomic E-state index is 12.7. The molecule has 0 amide bonds. The normalized spacial score (nSPS) is 22.0. The van der Waals surface area contributed by atoms with Crippen LogP contribution in [0.15, 0.2) is 33.6 Å². The molecule has 1 atom stereocenters. The molecule has 1 heterocycles. The van der Waals surface area contributed by atoms with Crippen molar-refractivity contribution in [2.75, 3.05) is 11.9 Å². The first-order valence-electron chi connectivity index (χ1n) is 5.89. The summed E-state index contributed by atoms with van der Waals surface area (Å²) in [5, 5.41) is 0.691. The number of hydrogen-bond acceptors (Lipinski definition) is 2. The van der Waals surface area contributed by atoms with E-state index in [1.54, 1.807) is 22.5 Å². The average molecular weight is 397 g/mol. The van der Waals surface area contributed by atoms with Gasteiger partial charge in [-0.05, 0) is 40.9 Å². The Labute approximate surface area is 125 Å². The zero-order chi connectivity index (χ0) is 13.2. The summed E-state index contributed by atoms with van der Waals surface area (Å²) in [6, 6.07) is 7.06. The summed E-state index contributed by atoms with van der Waals surface area (Å²) in [6.45, 7) is 0.611. The van der Waals surface area contributed by atoms with Crippen molar-refractivity contribution in [3.63, 3.8) is 0 Å². The van der Waals surface area contributed by atoms with Crippen molar-refractivity contribution in [2.24, 2.45) is 0 Å². The van der Waals surface area contributed by atoms with Crippen LogP contribution in [0.4, 0.5) is 0 Å². The molecule has 1 aromatic rings. The first-order valence-corrected chi connectivity index (χ1v) is 9.25. The van der Waals surface area contributed by atoms with Gasteiger partial charge in [0.2, 0.25) is 10.0 Å². The Morgan fingerprint density at radius 2 is 2.00 bits per heavy atom. The summed E-state index contributed by atoms with van der Waals surface area (Å²) >= 11 is 6.74. The minimum Gasteiger partial charge on any atom is -0.207 e. The molecule has 6 heteroatoms. The number of halogens is 2. The Morgan fingerprint density at radius 3 is 2.67 bits per heavy atom. The van der Waals surface area contributed by atoms with Crippen LogP contribution in [0.3, 0.4) is 0 Å². The smallest absolute Gasteiger partial charge is 0.207 e. The highest BCUT2D eigenvalue weighted by Gasteiger charge is 2.33. The molecule has 3 nitrogen and oxygen atoms in total. The molecule has 2 rings (SSSR count). The molecule has 0 radical (unpaired) electrons. The Hall–Kier alpha value is 0.0900. The molecular weight excluding hydrogens is 382 g/mol. The molecule has 0 spiro atoms. The lowest BCUT2D eigenvalue weighted by Gasteiger charge is -2.33. The predicted molar refractivity (Wildman–Crippen MR) is 79.5 cm³/mol. The highest BCUT2D eigenvalue weighted by molar-refractivity contribution is 9.10. The van der Waals surface area contributed by atoms with Gasteiger partial charge < -0.3 is 0 Å². The van der Waals surface area contributed by atoms with E-state index in [0.29, 0.717) is 21.2 Å². The van der Waals surface area contributed by atoms with E-state index >= 15 is 0 Å². The number of nitrogens with zero attached hydrogens (tertiary/aromatic N) is 1. The Morgan fingerprint density at radius 1 is 1.28 bits per heavy atom. The molecule has 1 unspecified atom stereocenters. The minimum atomic E-state index is -3.40. The second kappa shape index (κ2) is 6.03. The van der Waals surface area contributed by atoms with Gasteiger partial charge in [-0.1, -0.05) is 34.5 Å². The van der Waals surface area contributed by atoms with E-state index in [9.17, 15) is 8.42 Å². The van der Waals surface area contributed by atoms with Gasteiger partial charge in [0.15, 0.2) is 0 Å². The van der Waals surface area contributed by atoms with E-state index in [1.165, 1.54) is 0 Å². The zero-order valence-electron chi connectivity index (χ0n) is 9.85. The second-order valence-corrected chi connectivity index (χ2v) is 7.71. The summed E-state index contributed by atoms with van der Waals surface area (Å²) in [5.41, 5.74) is 0. The largest absolute Gasteiger partial charge is 0.244 e. The van der Waals surface area contributed by atoms with E-state index in [0.717, 1.165) is 19.3 Å². The number of sulfonamides is 1. The van der Waals surface area contributed by atoms with Gasteiger partial charge >= 0.3 is 0 Å². The van der Waals surface area contributed by atoms with Gasteiger partial charge in [0, 0.05) is 22.4 Å². The van der Waals surface area contributed by atoms with Crippen molar-refractivity contribution in [3.05, 3.63) is 28.7 Å². The maximum atomic E-state index is 12.7. The van der Waals surface area contributed by atoms with Crippen LogP contribution in [0.5, 0.6) is 0 Å². The number of benzene rings is 1. The summed E-state index contributed by atoms with van der Waals surface area (Å²) in [6.07, 6.45) is 2.96. The van der Waals surface area contributed by atoms with Crippen molar-refractivity contribution in [1.82, 2.24) is 4.31 Å². The van der Waals surface area contributed by atoms with Gasteiger partial charge in [-0.25, -0.2) is 8.42 Å². The van der Waals surface area contributed by atoms with Gasteiger partial charge in [-0.15, -0.1) is 0 Å². The number of rotatable bonds is 3. The fourth-order valence-corrected chi connectivity index (χ4v) is 5.75. The van der Waals surface area contributed by atoms with Crippen LogP contribution in [-0.2, 0) is 10.0 Å². The van der Waals surface area contributed by atoms with Gasteiger partial charge in [-0.3, -0.25) is 0 Å². The molecule has 0 aromatic heterocycles. The zero-order valence-corrected chi connectivity index (χ0v) is 13.8. The topological polar surface area (TPSA) is 37.4 Å². The lowest BCUT2D eigenvalue weighted by atomic mass is 10.1. The molecule has 18 heavy (non-hydrogen) atoms. The van der Waals surface area contributed by atoms with Crippen LogP contribution < -0.4 is 0 Å². The van der Waals surface area contributed by atoms with Crippen molar-refractivity contribution in [1.29, 1.82) is 0 Å². The van der Waals surface area contributed by atoms with E-state index in [-0.39, 0.29) is 6.04 Å². The van der Waals surface area contributed by atoms with Gasteiger partial charge in [0.1, 0.15) is 0 Å². The van der Waals surface area contributed by atoms with Crippen molar-refractivity contribution in [3.8, 4) is 0 Å². The van der Waals surface area contributed by atoms with Crippen molar-refractivity contribution < 1.29 is 8.42 Å². The van der Waals surface area contributed by atoms with E-state index in [4.69, 9.17) is 0 Å². The van der Waals surface area contributed by atoms with Gasteiger partial charge in [0.25, 0.3) is 0 Å². The van der Waals surface area contributed by atoms with Crippen LogP contribution >= 0.6 is 31.9 Å². The molecule has 0 saturated carbocycles. The van der Waals surface area contributed by atoms with Crippen molar-refractivity contribution in [2.45, 2.75) is 30.2 Å². The lowest BCUT2D eigenvalue weighted by Crippen LogP contribution is -2.44. The SMILES string of the molecule is O=S(=O)(c1ccccc1Br)N1CCCCC1CBr. The Balaban J connectivity index is 2.39. The first kappa shape index (κ1) is 14.5. The summed E-state index contributed by atoms with van der Waals surface area (Å²) < 4.78 is 27.6. The van der Waals surface area contributed by atoms with Crippen LogP contribution in [-0.4, -0.2) is 30.6 Å². The third-order valence-electron chi connectivity index (χ3n) is 3.17. The highest BCUT2D eigenvalue weighted by atomic mass is 79.9. The number of hydrogen-bond donors (Lipinski definition) is 0. The van der Waals surface area contributed by atoms with E-state index in [1.807, 2.05) is 6.07 Å². The van der Waals surface area contributed by atoms with Crippen molar-refractivity contribution >= 4 is 41.9 Å². The van der Waals surface area contributed by atoms with Gasteiger partial charge in [0.05, 0.1) is 4.90 Å². The van der Waals surface area contributed by atoms with Crippen LogP contribution in [0, 0.1) is 0 Å². The first-order chi connectivity index (χ1) is 8.57. The molecule has 0 aliphatic carbocycles. The fourth-order valence-electron chi connectivity index (χ4n) is 2.22. The standard InChI is InChI=1S/C12H15Br2NO2S/c13-9-10-5-3-4-8-15(10)18(16,17)12-7-2-1-6-11(12)14/h1-2,6-7,10H,3-5,8-9H2. The second-order valence-electron chi connectivity index (χ2n) is 4.35.